The Morgan fingerprint density at radius 1 is 1.15 bits per heavy atom. The predicted octanol–water partition coefficient (Wildman–Crippen LogP) is 4.65. The highest BCUT2D eigenvalue weighted by Gasteiger charge is 2.21. The summed E-state index contributed by atoms with van der Waals surface area (Å²) in [5.74, 6) is 1.62. The lowest BCUT2D eigenvalue weighted by Crippen LogP contribution is -2.14. The average Bonchev–Trinajstić information content (AvgIpc) is 3.02. The van der Waals surface area contributed by atoms with E-state index in [0.717, 1.165) is 22.8 Å². The van der Waals surface area contributed by atoms with Crippen molar-refractivity contribution < 1.29 is 9.53 Å². The van der Waals surface area contributed by atoms with Crippen LogP contribution in [0.4, 0.5) is 0 Å². The summed E-state index contributed by atoms with van der Waals surface area (Å²) in [6.45, 7) is 8.40. The van der Waals surface area contributed by atoms with Gasteiger partial charge < -0.3 is 4.74 Å². The number of hydrogen-bond donors (Lipinski definition) is 0. The van der Waals surface area contributed by atoms with E-state index < -0.39 is 0 Å². The number of ether oxygens (including phenoxy) is 1. The molecule has 0 aliphatic rings. The number of rotatable bonds is 7. The SMILES string of the molecule is CCOc1ccc(C(=O)[C@H](C)Sc2nnc(C)n2-c2cccc(C)c2)cc1. The summed E-state index contributed by atoms with van der Waals surface area (Å²) >= 11 is 1.42. The van der Waals surface area contributed by atoms with Gasteiger partial charge in [-0.1, -0.05) is 23.9 Å². The molecule has 5 nitrogen and oxygen atoms in total. The van der Waals surface area contributed by atoms with Crippen molar-refractivity contribution in [2.24, 2.45) is 0 Å². The van der Waals surface area contributed by atoms with Crippen LogP contribution in [0, 0.1) is 13.8 Å². The van der Waals surface area contributed by atoms with Gasteiger partial charge >= 0.3 is 0 Å². The van der Waals surface area contributed by atoms with Crippen molar-refractivity contribution in [3.05, 3.63) is 65.5 Å². The van der Waals surface area contributed by atoms with Crippen molar-refractivity contribution in [1.82, 2.24) is 14.8 Å². The van der Waals surface area contributed by atoms with E-state index in [2.05, 4.69) is 16.3 Å². The fraction of sp³-hybridized carbons (Fsp3) is 0.286. The first-order valence-electron chi connectivity index (χ1n) is 8.92. The lowest BCUT2D eigenvalue weighted by molar-refractivity contribution is 0.0994. The average molecular weight is 382 g/mol. The second-order valence-electron chi connectivity index (χ2n) is 6.29. The summed E-state index contributed by atoms with van der Waals surface area (Å²) in [6, 6.07) is 15.4. The molecule has 0 saturated heterocycles. The molecule has 140 valence electrons. The molecule has 1 atom stereocenters. The molecule has 27 heavy (non-hydrogen) atoms. The maximum absolute atomic E-state index is 12.8. The molecular formula is C21H23N3O2S. The molecule has 0 aliphatic carbocycles. The van der Waals surface area contributed by atoms with Gasteiger partial charge in [0.25, 0.3) is 0 Å². The number of aryl methyl sites for hydroxylation is 2. The van der Waals surface area contributed by atoms with Crippen molar-refractivity contribution in [2.75, 3.05) is 6.61 Å². The molecular weight excluding hydrogens is 358 g/mol. The minimum Gasteiger partial charge on any atom is -0.494 e. The molecule has 0 bridgehead atoms. The lowest BCUT2D eigenvalue weighted by atomic mass is 10.1. The van der Waals surface area contributed by atoms with Crippen LogP contribution in [0.2, 0.25) is 0 Å². The number of carbonyl (C=O) groups excluding carboxylic acids is 1. The Balaban J connectivity index is 1.80. The Morgan fingerprint density at radius 3 is 2.56 bits per heavy atom. The number of thioether (sulfide) groups is 1. The van der Waals surface area contributed by atoms with Gasteiger partial charge in [-0.2, -0.15) is 0 Å². The molecule has 0 N–H and O–H groups in total. The molecule has 1 heterocycles. The number of carbonyl (C=O) groups is 1. The maximum atomic E-state index is 12.8. The smallest absolute Gasteiger partial charge is 0.196 e. The fourth-order valence-electron chi connectivity index (χ4n) is 2.81. The van der Waals surface area contributed by atoms with Crippen molar-refractivity contribution in [2.45, 2.75) is 38.1 Å². The predicted molar refractivity (Wildman–Crippen MR) is 108 cm³/mol. The molecule has 3 aromatic rings. The zero-order chi connectivity index (χ0) is 19.4. The Morgan fingerprint density at radius 2 is 1.89 bits per heavy atom. The number of Topliss-reactive ketones (excluding diaryl/α,β-unsaturated/α-hetero) is 1. The van der Waals surface area contributed by atoms with E-state index in [1.165, 1.54) is 11.8 Å². The van der Waals surface area contributed by atoms with Gasteiger partial charge in [0.2, 0.25) is 0 Å². The molecule has 0 amide bonds. The molecule has 0 spiro atoms. The van der Waals surface area contributed by atoms with Crippen molar-refractivity contribution in [3.63, 3.8) is 0 Å². The van der Waals surface area contributed by atoms with E-state index in [0.29, 0.717) is 17.3 Å². The van der Waals surface area contributed by atoms with Gasteiger partial charge in [0, 0.05) is 11.3 Å². The molecule has 0 radical (unpaired) electrons. The third-order valence-corrected chi connectivity index (χ3v) is 5.20. The summed E-state index contributed by atoms with van der Waals surface area (Å²) in [7, 11) is 0. The Labute approximate surface area is 163 Å². The molecule has 0 fully saturated rings. The summed E-state index contributed by atoms with van der Waals surface area (Å²) in [4.78, 5) is 12.8. The van der Waals surface area contributed by atoms with Crippen molar-refractivity contribution in [3.8, 4) is 11.4 Å². The Bertz CT molecular complexity index is 935. The number of aromatic nitrogens is 3. The summed E-state index contributed by atoms with van der Waals surface area (Å²) < 4.78 is 7.42. The molecule has 0 aliphatic heterocycles. The second-order valence-corrected chi connectivity index (χ2v) is 7.59. The Hall–Kier alpha value is -2.60. The topological polar surface area (TPSA) is 57.0 Å². The summed E-state index contributed by atoms with van der Waals surface area (Å²) in [5.41, 5.74) is 2.83. The third kappa shape index (κ3) is 4.39. The van der Waals surface area contributed by atoms with Crippen LogP contribution in [0.25, 0.3) is 5.69 Å². The zero-order valence-electron chi connectivity index (χ0n) is 16.0. The highest BCUT2D eigenvalue weighted by atomic mass is 32.2. The first kappa shape index (κ1) is 19.2. The minimum absolute atomic E-state index is 0.0551. The van der Waals surface area contributed by atoms with Gasteiger partial charge in [-0.25, -0.2) is 0 Å². The summed E-state index contributed by atoms with van der Waals surface area (Å²) in [6.07, 6.45) is 0. The highest BCUT2D eigenvalue weighted by Crippen LogP contribution is 2.28. The van der Waals surface area contributed by atoms with Crippen LogP contribution >= 0.6 is 11.8 Å². The fourth-order valence-corrected chi connectivity index (χ4v) is 3.80. The van der Waals surface area contributed by atoms with Crippen LogP contribution in [0.15, 0.2) is 53.7 Å². The van der Waals surface area contributed by atoms with Gasteiger partial charge in [0.1, 0.15) is 11.6 Å². The van der Waals surface area contributed by atoms with E-state index in [9.17, 15) is 4.79 Å². The van der Waals surface area contributed by atoms with Gasteiger partial charge in [0.15, 0.2) is 10.9 Å². The van der Waals surface area contributed by atoms with E-state index in [1.54, 1.807) is 12.1 Å². The van der Waals surface area contributed by atoms with Crippen molar-refractivity contribution >= 4 is 17.5 Å². The van der Waals surface area contributed by atoms with Gasteiger partial charge in [-0.15, -0.1) is 10.2 Å². The number of benzene rings is 2. The number of nitrogens with zero attached hydrogens (tertiary/aromatic N) is 3. The minimum atomic E-state index is -0.282. The second kappa shape index (κ2) is 8.39. The van der Waals surface area contributed by atoms with E-state index in [1.807, 2.05) is 62.6 Å². The monoisotopic (exact) mass is 381 g/mol. The number of hydrogen-bond acceptors (Lipinski definition) is 5. The van der Waals surface area contributed by atoms with Crippen LogP contribution in [0.3, 0.4) is 0 Å². The molecule has 0 unspecified atom stereocenters. The Kier molecular flexibility index (Phi) is 5.96. The first-order valence-corrected chi connectivity index (χ1v) is 9.80. The van der Waals surface area contributed by atoms with Crippen molar-refractivity contribution in [1.29, 1.82) is 0 Å². The zero-order valence-corrected chi connectivity index (χ0v) is 16.8. The number of ketones is 1. The molecule has 6 heteroatoms. The van der Waals surface area contributed by atoms with Gasteiger partial charge in [-0.05, 0) is 69.7 Å². The summed E-state index contributed by atoms with van der Waals surface area (Å²) in [5, 5.41) is 8.91. The van der Waals surface area contributed by atoms with Crippen LogP contribution in [0.5, 0.6) is 5.75 Å². The molecule has 3 rings (SSSR count). The van der Waals surface area contributed by atoms with Crippen LogP contribution < -0.4 is 4.74 Å². The van der Waals surface area contributed by atoms with Gasteiger partial charge in [-0.3, -0.25) is 9.36 Å². The van der Waals surface area contributed by atoms with Crippen LogP contribution in [0.1, 0.15) is 35.6 Å². The highest BCUT2D eigenvalue weighted by molar-refractivity contribution is 8.00. The largest absolute Gasteiger partial charge is 0.494 e. The molecule has 1 aromatic heterocycles. The van der Waals surface area contributed by atoms with E-state index >= 15 is 0 Å². The molecule has 0 saturated carbocycles. The van der Waals surface area contributed by atoms with E-state index in [-0.39, 0.29) is 11.0 Å². The third-order valence-electron chi connectivity index (χ3n) is 4.16. The first-order chi connectivity index (χ1) is 13.0. The van der Waals surface area contributed by atoms with E-state index in [4.69, 9.17) is 4.74 Å². The van der Waals surface area contributed by atoms with Gasteiger partial charge in [0.05, 0.1) is 11.9 Å². The maximum Gasteiger partial charge on any atom is 0.196 e. The standard InChI is InChI=1S/C21H23N3O2S/c1-5-26-19-11-9-17(10-12-19)20(25)15(3)27-21-23-22-16(4)24(21)18-8-6-7-14(2)13-18/h6-13,15H,5H2,1-4H3/t15-/m0/s1. The lowest BCUT2D eigenvalue weighted by Gasteiger charge is -2.13. The van der Waals surface area contributed by atoms with Crippen LogP contribution in [-0.2, 0) is 0 Å². The normalized spacial score (nSPS) is 12.0. The molecule has 2 aromatic carbocycles. The van der Waals surface area contributed by atoms with Crippen LogP contribution in [-0.4, -0.2) is 32.4 Å². The quantitative estimate of drug-likeness (QED) is 0.440.